The lowest BCUT2D eigenvalue weighted by molar-refractivity contribution is -0.151. The number of allylic oxidation sites excluding steroid dienone is 12. The van der Waals surface area contributed by atoms with Gasteiger partial charge in [-0.25, -0.2) is 0 Å². The van der Waals surface area contributed by atoms with Gasteiger partial charge in [0.1, 0.15) is 6.10 Å². The Hall–Kier alpha value is -2.70. The summed E-state index contributed by atoms with van der Waals surface area (Å²) in [5.74, 6) is -0.510. The first-order valence-corrected chi connectivity index (χ1v) is 26.2. The Morgan fingerprint density at radius 2 is 0.952 bits per heavy atom. The third kappa shape index (κ3) is 43.9. The van der Waals surface area contributed by atoms with E-state index in [1.807, 2.05) is 0 Å². The molecule has 0 aliphatic rings. The smallest absolute Gasteiger partial charge is 0.306 e. The maximum absolute atomic E-state index is 13.2. The van der Waals surface area contributed by atoms with Crippen LogP contribution in [0.5, 0.6) is 0 Å². The normalized spacial score (nSPS) is 13.8. The average Bonchev–Trinajstić information content (AvgIpc) is 3.26. The molecule has 3 N–H and O–H groups in total. The first-order valence-electron chi connectivity index (χ1n) is 26.2. The highest BCUT2D eigenvalue weighted by molar-refractivity contribution is 5.77. The van der Waals surface area contributed by atoms with Crippen molar-refractivity contribution in [2.45, 2.75) is 264 Å². The number of carbonyl (C=O) groups is 2. The molecule has 0 aromatic heterocycles. The van der Waals surface area contributed by atoms with Crippen LogP contribution in [0, 0.1) is 0 Å². The molecule has 0 radical (unpaired) electrons. The summed E-state index contributed by atoms with van der Waals surface area (Å²) in [7, 11) is 0. The van der Waals surface area contributed by atoms with Gasteiger partial charge in [0.05, 0.1) is 25.2 Å². The zero-order chi connectivity index (χ0) is 45.2. The van der Waals surface area contributed by atoms with E-state index < -0.39 is 18.2 Å². The number of hydrogen-bond acceptors (Lipinski definition) is 5. The highest BCUT2D eigenvalue weighted by Gasteiger charge is 2.24. The van der Waals surface area contributed by atoms with Crippen LogP contribution in [0.4, 0.5) is 0 Å². The highest BCUT2D eigenvalue weighted by Crippen LogP contribution is 2.18. The van der Waals surface area contributed by atoms with Crippen LogP contribution in [0.2, 0.25) is 0 Å². The van der Waals surface area contributed by atoms with Crippen molar-refractivity contribution in [1.82, 2.24) is 5.32 Å². The summed E-state index contributed by atoms with van der Waals surface area (Å²) in [6, 6.07) is -0.714. The van der Waals surface area contributed by atoms with Crippen LogP contribution in [0.25, 0.3) is 0 Å². The second-order valence-electron chi connectivity index (χ2n) is 17.6. The molecular formula is C56H99NO5. The number of rotatable bonds is 46. The van der Waals surface area contributed by atoms with E-state index in [1.165, 1.54) is 96.3 Å². The third-order valence-electron chi connectivity index (χ3n) is 11.6. The second kappa shape index (κ2) is 49.3. The Labute approximate surface area is 383 Å². The molecule has 0 rings (SSSR count). The maximum atomic E-state index is 13.2. The van der Waals surface area contributed by atoms with E-state index in [1.54, 1.807) is 0 Å². The summed E-state index contributed by atoms with van der Waals surface area (Å²) in [6.45, 7) is 6.24. The Morgan fingerprint density at radius 3 is 1.50 bits per heavy atom. The van der Waals surface area contributed by atoms with Crippen LogP contribution in [-0.2, 0) is 14.3 Å². The van der Waals surface area contributed by atoms with Crippen molar-refractivity contribution >= 4 is 11.9 Å². The largest absolute Gasteiger partial charge is 0.462 e. The van der Waals surface area contributed by atoms with Crippen LogP contribution < -0.4 is 5.32 Å². The number of ether oxygens (including phenoxy) is 1. The number of nitrogens with one attached hydrogen (secondary N) is 1. The first kappa shape index (κ1) is 59.3. The Morgan fingerprint density at radius 1 is 0.500 bits per heavy atom. The van der Waals surface area contributed by atoms with Crippen molar-refractivity contribution in [3.63, 3.8) is 0 Å². The molecule has 6 nitrogen and oxygen atoms in total. The zero-order valence-electron chi connectivity index (χ0n) is 40.7. The fourth-order valence-electron chi connectivity index (χ4n) is 7.68. The summed E-state index contributed by atoms with van der Waals surface area (Å²) in [5, 5.41) is 23.8. The molecule has 0 heterocycles. The van der Waals surface area contributed by atoms with Crippen LogP contribution in [-0.4, -0.2) is 46.9 Å². The van der Waals surface area contributed by atoms with Crippen LogP contribution in [0.15, 0.2) is 72.9 Å². The molecule has 1 amide bonds. The summed E-state index contributed by atoms with van der Waals surface area (Å²) in [6.07, 6.45) is 62.4. The standard InChI is InChI=1S/C56H99NO5/c1-4-7-10-13-16-19-22-25-28-31-34-37-40-43-46-49-56(61)62-52(47-44-41-38-35-32-29-26-23-20-17-14-11-8-5-2)50-55(60)57-53(51-58)54(59)48-45-42-39-36-33-30-27-24-21-18-15-12-9-6-3/h7-8,10-11,13,16-17,19-20,22,26,29,52-54,58-59H,4-6,9,12,14-15,18,21,23-25,27-28,30-51H2,1-3H3,(H,57,60)/b10-7+,11-8+,16-13+,20-17+,22-19+,29-26+. The van der Waals surface area contributed by atoms with E-state index in [9.17, 15) is 19.8 Å². The molecule has 0 aromatic rings. The van der Waals surface area contributed by atoms with Crippen molar-refractivity contribution in [3.8, 4) is 0 Å². The number of esters is 1. The van der Waals surface area contributed by atoms with E-state index in [4.69, 9.17) is 4.74 Å². The van der Waals surface area contributed by atoms with Gasteiger partial charge in [-0.05, 0) is 77.0 Å². The Bertz CT molecular complexity index is 1150. The molecule has 6 heteroatoms. The van der Waals surface area contributed by atoms with Crippen LogP contribution >= 0.6 is 0 Å². The van der Waals surface area contributed by atoms with Crippen molar-refractivity contribution in [3.05, 3.63) is 72.9 Å². The fraction of sp³-hybridized carbons (Fsp3) is 0.750. The topological polar surface area (TPSA) is 95.9 Å². The predicted molar refractivity (Wildman–Crippen MR) is 268 cm³/mol. The lowest BCUT2D eigenvalue weighted by Gasteiger charge is -2.24. The maximum Gasteiger partial charge on any atom is 0.306 e. The summed E-state index contributed by atoms with van der Waals surface area (Å²) in [4.78, 5) is 26.2. The van der Waals surface area contributed by atoms with Gasteiger partial charge in [0, 0.05) is 6.42 Å². The van der Waals surface area contributed by atoms with Gasteiger partial charge in [-0.15, -0.1) is 0 Å². The highest BCUT2D eigenvalue weighted by atomic mass is 16.5. The van der Waals surface area contributed by atoms with Crippen molar-refractivity contribution in [2.75, 3.05) is 6.61 Å². The molecule has 0 saturated carbocycles. The molecule has 0 spiro atoms. The lowest BCUT2D eigenvalue weighted by Crippen LogP contribution is -2.46. The molecular weight excluding hydrogens is 767 g/mol. The molecule has 0 aliphatic heterocycles. The van der Waals surface area contributed by atoms with Crippen molar-refractivity contribution in [1.29, 1.82) is 0 Å². The molecule has 0 aliphatic carbocycles. The van der Waals surface area contributed by atoms with Gasteiger partial charge in [0.2, 0.25) is 5.91 Å². The fourth-order valence-corrected chi connectivity index (χ4v) is 7.68. The molecule has 3 atom stereocenters. The molecule has 358 valence electrons. The SMILES string of the molecule is CC/C=C/C=C/C=C/CCCCCCCCCC(=O)OC(CCCCCC/C=C/C/C=C/C/C=C/CC)CC(=O)NC(CO)C(O)CCCCCCCCCCCCCCCC. The number of hydrogen-bond donors (Lipinski definition) is 3. The van der Waals surface area contributed by atoms with Crippen LogP contribution in [0.1, 0.15) is 245 Å². The molecule has 0 fully saturated rings. The molecule has 0 bridgehead atoms. The zero-order valence-corrected chi connectivity index (χ0v) is 40.7. The molecule has 3 unspecified atom stereocenters. The number of amides is 1. The van der Waals surface area contributed by atoms with Gasteiger partial charge in [-0.1, -0.05) is 229 Å². The van der Waals surface area contributed by atoms with Gasteiger partial charge < -0.3 is 20.3 Å². The number of aliphatic hydroxyl groups is 2. The van der Waals surface area contributed by atoms with E-state index in [2.05, 4.69) is 99.0 Å². The van der Waals surface area contributed by atoms with Gasteiger partial charge in [-0.3, -0.25) is 9.59 Å². The molecule has 0 aromatic carbocycles. The monoisotopic (exact) mass is 866 g/mol. The minimum atomic E-state index is -0.799. The quantitative estimate of drug-likeness (QED) is 0.0245. The molecule has 0 saturated heterocycles. The van der Waals surface area contributed by atoms with E-state index >= 15 is 0 Å². The van der Waals surface area contributed by atoms with Crippen LogP contribution in [0.3, 0.4) is 0 Å². The van der Waals surface area contributed by atoms with Gasteiger partial charge in [0.15, 0.2) is 0 Å². The Kier molecular flexibility index (Phi) is 47.2. The minimum absolute atomic E-state index is 0.0552. The second-order valence-corrected chi connectivity index (χ2v) is 17.6. The van der Waals surface area contributed by atoms with Crippen molar-refractivity contribution in [2.24, 2.45) is 0 Å². The predicted octanol–water partition coefficient (Wildman–Crippen LogP) is 15.8. The lowest BCUT2D eigenvalue weighted by atomic mass is 10.0. The Balaban J connectivity index is 4.62. The third-order valence-corrected chi connectivity index (χ3v) is 11.6. The minimum Gasteiger partial charge on any atom is -0.462 e. The van der Waals surface area contributed by atoms with E-state index in [0.717, 1.165) is 103 Å². The number of carbonyl (C=O) groups excluding carboxylic acids is 2. The van der Waals surface area contributed by atoms with E-state index in [0.29, 0.717) is 19.3 Å². The number of aliphatic hydroxyl groups excluding tert-OH is 2. The first-order chi connectivity index (χ1) is 30.5. The number of unbranched alkanes of at least 4 members (excludes halogenated alkanes) is 24. The summed E-state index contributed by atoms with van der Waals surface area (Å²) < 4.78 is 5.92. The average molecular weight is 866 g/mol. The van der Waals surface area contributed by atoms with Crippen molar-refractivity contribution < 1.29 is 24.5 Å². The van der Waals surface area contributed by atoms with Gasteiger partial charge >= 0.3 is 5.97 Å². The summed E-state index contributed by atoms with van der Waals surface area (Å²) >= 11 is 0. The van der Waals surface area contributed by atoms with Gasteiger partial charge in [-0.2, -0.15) is 0 Å². The van der Waals surface area contributed by atoms with E-state index in [-0.39, 0.29) is 24.9 Å². The van der Waals surface area contributed by atoms with Gasteiger partial charge in [0.25, 0.3) is 0 Å². The summed E-state index contributed by atoms with van der Waals surface area (Å²) in [5.41, 5.74) is 0. The molecule has 62 heavy (non-hydrogen) atoms.